The third kappa shape index (κ3) is 4.90. The topological polar surface area (TPSA) is 44.7 Å². The van der Waals surface area contributed by atoms with E-state index in [1.165, 1.54) is 11.4 Å². The summed E-state index contributed by atoms with van der Waals surface area (Å²) in [6.45, 7) is 8.01. The van der Waals surface area contributed by atoms with Crippen molar-refractivity contribution in [3.05, 3.63) is 24.3 Å². The number of piperidine rings is 1. The smallest absolute Gasteiger partial charge is 0.0642 e. The zero-order valence-corrected chi connectivity index (χ0v) is 13.2. The number of aliphatic hydroxyl groups excluding tert-OH is 1. The van der Waals surface area contributed by atoms with E-state index in [4.69, 9.17) is 4.74 Å². The van der Waals surface area contributed by atoms with E-state index < -0.39 is 0 Å². The third-order valence-electron chi connectivity index (χ3n) is 3.99. The molecule has 4 heteroatoms. The molecule has 2 rings (SSSR count). The summed E-state index contributed by atoms with van der Waals surface area (Å²) in [6.07, 6.45) is 2.42. The molecular formula is C17H28N2O2. The first-order valence-corrected chi connectivity index (χ1v) is 8.01. The van der Waals surface area contributed by atoms with Crippen LogP contribution in [0.25, 0.3) is 0 Å². The predicted molar refractivity (Wildman–Crippen MR) is 88.0 cm³/mol. The van der Waals surface area contributed by atoms with Gasteiger partial charge in [-0.25, -0.2) is 0 Å². The molecule has 0 atom stereocenters. The van der Waals surface area contributed by atoms with Crippen LogP contribution in [0.4, 0.5) is 11.4 Å². The second-order valence-electron chi connectivity index (χ2n) is 5.98. The number of rotatable bonds is 7. The molecule has 1 aliphatic rings. The highest BCUT2D eigenvalue weighted by molar-refractivity contribution is 5.70. The molecule has 1 aromatic carbocycles. The Morgan fingerprint density at radius 1 is 1.29 bits per heavy atom. The molecule has 0 unspecified atom stereocenters. The van der Waals surface area contributed by atoms with E-state index in [0.717, 1.165) is 39.1 Å². The van der Waals surface area contributed by atoms with Gasteiger partial charge in [-0.1, -0.05) is 12.1 Å². The Kier molecular flexibility index (Phi) is 6.33. The quantitative estimate of drug-likeness (QED) is 0.759. The summed E-state index contributed by atoms with van der Waals surface area (Å²) in [5.74, 6) is 0.473. The van der Waals surface area contributed by atoms with Gasteiger partial charge in [0.2, 0.25) is 0 Å². The van der Waals surface area contributed by atoms with E-state index in [0.29, 0.717) is 12.5 Å². The van der Waals surface area contributed by atoms with E-state index in [9.17, 15) is 5.11 Å². The fourth-order valence-electron chi connectivity index (χ4n) is 2.74. The van der Waals surface area contributed by atoms with Crippen molar-refractivity contribution in [1.82, 2.24) is 0 Å². The van der Waals surface area contributed by atoms with Crippen LogP contribution < -0.4 is 10.2 Å². The van der Waals surface area contributed by atoms with Crippen LogP contribution in [-0.4, -0.2) is 44.1 Å². The van der Waals surface area contributed by atoms with E-state index in [1.54, 1.807) is 0 Å². The first-order chi connectivity index (χ1) is 10.2. The molecule has 0 spiro atoms. The van der Waals surface area contributed by atoms with Crippen molar-refractivity contribution >= 4 is 11.4 Å². The third-order valence-corrected chi connectivity index (χ3v) is 3.99. The van der Waals surface area contributed by atoms with Crippen LogP contribution in [0.2, 0.25) is 0 Å². The van der Waals surface area contributed by atoms with Gasteiger partial charge in [-0.3, -0.25) is 0 Å². The largest absolute Gasteiger partial charge is 0.396 e. The SMILES string of the molecule is CC(C)OCCNc1ccccc1N1CCC(CO)CC1. The number of nitrogens with zero attached hydrogens (tertiary/aromatic N) is 1. The number of nitrogens with one attached hydrogen (secondary N) is 1. The Morgan fingerprint density at radius 3 is 2.67 bits per heavy atom. The first-order valence-electron chi connectivity index (χ1n) is 8.01. The van der Waals surface area contributed by atoms with Crippen molar-refractivity contribution < 1.29 is 9.84 Å². The molecule has 1 heterocycles. The molecule has 0 saturated carbocycles. The Labute approximate surface area is 128 Å². The molecule has 0 aromatic heterocycles. The van der Waals surface area contributed by atoms with E-state index in [-0.39, 0.29) is 6.10 Å². The standard InChI is InChI=1S/C17H28N2O2/c1-14(2)21-12-9-18-16-5-3-4-6-17(16)19-10-7-15(13-20)8-11-19/h3-6,14-15,18,20H,7-13H2,1-2H3. The minimum absolute atomic E-state index is 0.277. The molecule has 1 fully saturated rings. The maximum absolute atomic E-state index is 9.25. The number of hydrogen-bond donors (Lipinski definition) is 2. The molecule has 0 amide bonds. The summed E-state index contributed by atoms with van der Waals surface area (Å²) in [5.41, 5.74) is 2.44. The highest BCUT2D eigenvalue weighted by Crippen LogP contribution is 2.29. The number of aliphatic hydroxyl groups is 1. The van der Waals surface area contributed by atoms with Crippen LogP contribution in [0.3, 0.4) is 0 Å². The van der Waals surface area contributed by atoms with Crippen LogP contribution in [-0.2, 0) is 4.74 Å². The van der Waals surface area contributed by atoms with Crippen molar-refractivity contribution in [2.45, 2.75) is 32.8 Å². The van der Waals surface area contributed by atoms with Crippen LogP contribution in [0.1, 0.15) is 26.7 Å². The first kappa shape index (κ1) is 16.1. The minimum atomic E-state index is 0.277. The maximum atomic E-state index is 9.25. The second-order valence-corrected chi connectivity index (χ2v) is 5.98. The lowest BCUT2D eigenvalue weighted by molar-refractivity contribution is 0.0870. The second kappa shape index (κ2) is 8.25. The molecule has 21 heavy (non-hydrogen) atoms. The number of para-hydroxylation sites is 2. The lowest BCUT2D eigenvalue weighted by Gasteiger charge is -2.34. The van der Waals surface area contributed by atoms with Gasteiger partial charge in [0.15, 0.2) is 0 Å². The Hall–Kier alpha value is -1.26. The van der Waals surface area contributed by atoms with Gasteiger partial charge in [0.05, 0.1) is 24.1 Å². The van der Waals surface area contributed by atoms with Gasteiger partial charge in [-0.05, 0) is 44.7 Å². The maximum Gasteiger partial charge on any atom is 0.0642 e. The highest BCUT2D eigenvalue weighted by Gasteiger charge is 2.20. The van der Waals surface area contributed by atoms with Crippen molar-refractivity contribution in [2.75, 3.05) is 43.1 Å². The van der Waals surface area contributed by atoms with E-state index in [2.05, 4.69) is 48.3 Å². The summed E-state index contributed by atoms with van der Waals surface area (Å²) in [4.78, 5) is 2.41. The predicted octanol–water partition coefficient (Wildman–Crippen LogP) is 2.73. The molecule has 2 N–H and O–H groups in total. The summed E-state index contributed by atoms with van der Waals surface area (Å²) in [5, 5.41) is 12.7. The molecule has 1 aromatic rings. The molecule has 4 nitrogen and oxygen atoms in total. The van der Waals surface area contributed by atoms with Gasteiger partial charge in [-0.2, -0.15) is 0 Å². The fraction of sp³-hybridized carbons (Fsp3) is 0.647. The van der Waals surface area contributed by atoms with Gasteiger partial charge in [0.1, 0.15) is 0 Å². The van der Waals surface area contributed by atoms with Crippen molar-refractivity contribution in [2.24, 2.45) is 5.92 Å². The number of anilines is 2. The van der Waals surface area contributed by atoms with Crippen molar-refractivity contribution in [3.63, 3.8) is 0 Å². The molecule has 0 radical (unpaired) electrons. The van der Waals surface area contributed by atoms with Crippen molar-refractivity contribution in [1.29, 1.82) is 0 Å². The van der Waals surface area contributed by atoms with Gasteiger partial charge in [0.25, 0.3) is 0 Å². The number of hydrogen-bond acceptors (Lipinski definition) is 4. The van der Waals surface area contributed by atoms with Crippen LogP contribution >= 0.6 is 0 Å². The molecule has 1 aliphatic heterocycles. The van der Waals surface area contributed by atoms with E-state index in [1.807, 2.05) is 0 Å². The van der Waals surface area contributed by atoms with Crippen molar-refractivity contribution in [3.8, 4) is 0 Å². The number of benzene rings is 1. The number of ether oxygens (including phenoxy) is 1. The summed E-state index contributed by atoms with van der Waals surface area (Å²) in [6, 6.07) is 8.45. The summed E-state index contributed by atoms with van der Waals surface area (Å²) in [7, 11) is 0. The normalized spacial score (nSPS) is 16.5. The monoisotopic (exact) mass is 292 g/mol. The Morgan fingerprint density at radius 2 is 2.00 bits per heavy atom. The van der Waals surface area contributed by atoms with Crippen LogP contribution in [0, 0.1) is 5.92 Å². The molecule has 1 saturated heterocycles. The van der Waals surface area contributed by atoms with Gasteiger partial charge in [0, 0.05) is 26.2 Å². The van der Waals surface area contributed by atoms with Gasteiger partial charge < -0.3 is 20.1 Å². The zero-order chi connectivity index (χ0) is 15.1. The lowest BCUT2D eigenvalue weighted by Crippen LogP contribution is -2.35. The Bertz CT molecular complexity index is 415. The Balaban J connectivity index is 1.91. The van der Waals surface area contributed by atoms with Crippen LogP contribution in [0.5, 0.6) is 0 Å². The average molecular weight is 292 g/mol. The van der Waals surface area contributed by atoms with E-state index >= 15 is 0 Å². The molecule has 0 aliphatic carbocycles. The lowest BCUT2D eigenvalue weighted by atomic mass is 9.97. The fourth-order valence-corrected chi connectivity index (χ4v) is 2.74. The summed E-state index contributed by atoms with van der Waals surface area (Å²) < 4.78 is 5.57. The van der Waals surface area contributed by atoms with Crippen LogP contribution in [0.15, 0.2) is 24.3 Å². The minimum Gasteiger partial charge on any atom is -0.396 e. The highest BCUT2D eigenvalue weighted by atomic mass is 16.5. The molecule has 0 bridgehead atoms. The molecular weight excluding hydrogens is 264 g/mol. The zero-order valence-electron chi connectivity index (χ0n) is 13.2. The molecule has 118 valence electrons. The summed E-state index contributed by atoms with van der Waals surface area (Å²) >= 11 is 0. The van der Waals surface area contributed by atoms with Gasteiger partial charge >= 0.3 is 0 Å². The average Bonchev–Trinajstić information content (AvgIpc) is 2.52. The van der Waals surface area contributed by atoms with Gasteiger partial charge in [-0.15, -0.1) is 0 Å².